The molecule has 1 aromatic carbocycles. The van der Waals surface area contributed by atoms with E-state index in [0.717, 1.165) is 19.3 Å². The Bertz CT molecular complexity index is 343. The van der Waals surface area contributed by atoms with E-state index < -0.39 is 8.56 Å². The highest BCUT2D eigenvalue weighted by Gasteiger charge is 2.38. The van der Waals surface area contributed by atoms with Gasteiger partial charge < -0.3 is 8.85 Å². The fourth-order valence-electron chi connectivity index (χ4n) is 2.55. The van der Waals surface area contributed by atoms with Gasteiger partial charge in [-0.25, -0.2) is 0 Å². The average Bonchev–Trinajstić information content (AvgIpc) is 2.29. The lowest BCUT2D eigenvalue weighted by molar-refractivity contribution is 0.182. The third-order valence-electron chi connectivity index (χ3n) is 3.22. The van der Waals surface area contributed by atoms with Crippen LogP contribution in [0.15, 0.2) is 30.3 Å². The predicted octanol–water partition coefficient (Wildman–Crippen LogP) is 4.11. The molecule has 0 aromatic heterocycles. The first-order valence-electron chi connectivity index (χ1n) is 6.77. The quantitative estimate of drug-likeness (QED) is 0.692. The minimum absolute atomic E-state index is 0.0899. The Labute approximate surface area is 113 Å². The molecule has 0 aliphatic heterocycles. The number of hydrogen-bond donors (Lipinski definition) is 0. The van der Waals surface area contributed by atoms with Crippen LogP contribution in [0, 0.1) is 0 Å². The molecular weight excluding hydrogens is 240 g/mol. The molecule has 18 heavy (non-hydrogen) atoms. The summed E-state index contributed by atoms with van der Waals surface area (Å²) in [6.07, 6.45) is 0. The lowest BCUT2D eigenvalue weighted by Crippen LogP contribution is -2.44. The standard InChI is InChI=1S/C15H26O2Si/c1-6-16-18(5,17-7-2)13-15(3,4)14-11-9-8-10-12-14/h8-12H,6-7,13H2,1-5H3. The van der Waals surface area contributed by atoms with Gasteiger partial charge in [-0.3, -0.25) is 0 Å². The molecule has 0 fully saturated rings. The van der Waals surface area contributed by atoms with Crippen LogP contribution in [0.5, 0.6) is 0 Å². The molecule has 1 rings (SSSR count). The number of rotatable bonds is 7. The fourth-order valence-corrected chi connectivity index (χ4v) is 5.87. The Morgan fingerprint density at radius 1 is 1.00 bits per heavy atom. The summed E-state index contributed by atoms with van der Waals surface area (Å²) in [4.78, 5) is 0. The molecule has 0 bridgehead atoms. The molecule has 0 spiro atoms. The lowest BCUT2D eigenvalue weighted by Gasteiger charge is -2.35. The van der Waals surface area contributed by atoms with Crippen LogP contribution in [-0.2, 0) is 14.3 Å². The SMILES string of the molecule is CCO[Si](C)(CC(C)(C)c1ccccc1)OCC. The summed E-state index contributed by atoms with van der Waals surface area (Å²) in [6, 6.07) is 11.6. The van der Waals surface area contributed by atoms with E-state index in [1.54, 1.807) is 0 Å². The molecule has 0 aliphatic carbocycles. The zero-order valence-electron chi connectivity index (χ0n) is 12.3. The molecule has 0 atom stereocenters. The Hall–Kier alpha value is -0.643. The molecule has 102 valence electrons. The minimum atomic E-state index is -2.07. The van der Waals surface area contributed by atoms with E-state index in [0.29, 0.717) is 0 Å². The minimum Gasteiger partial charge on any atom is -0.395 e. The monoisotopic (exact) mass is 266 g/mol. The molecule has 1 aromatic rings. The van der Waals surface area contributed by atoms with Crippen LogP contribution in [0.1, 0.15) is 33.3 Å². The molecule has 0 aliphatic rings. The summed E-state index contributed by atoms with van der Waals surface area (Å²) in [7, 11) is -2.07. The van der Waals surface area contributed by atoms with Gasteiger partial charge in [-0.1, -0.05) is 44.2 Å². The summed E-state index contributed by atoms with van der Waals surface area (Å²) in [5.41, 5.74) is 1.44. The smallest absolute Gasteiger partial charge is 0.335 e. The summed E-state index contributed by atoms with van der Waals surface area (Å²) in [5, 5.41) is 0. The third-order valence-corrected chi connectivity index (χ3v) is 6.54. The lowest BCUT2D eigenvalue weighted by atomic mass is 9.87. The Kier molecular flexibility index (Phi) is 5.57. The van der Waals surface area contributed by atoms with Gasteiger partial charge >= 0.3 is 8.56 Å². The van der Waals surface area contributed by atoms with Gasteiger partial charge in [-0.05, 0) is 31.4 Å². The summed E-state index contributed by atoms with van der Waals surface area (Å²) in [5.74, 6) is 0. The van der Waals surface area contributed by atoms with Gasteiger partial charge in [0.25, 0.3) is 0 Å². The second-order valence-electron chi connectivity index (χ2n) is 5.43. The van der Waals surface area contributed by atoms with Gasteiger partial charge in [0.2, 0.25) is 0 Å². The van der Waals surface area contributed by atoms with Crippen molar-refractivity contribution in [1.29, 1.82) is 0 Å². The van der Waals surface area contributed by atoms with E-state index in [1.165, 1.54) is 5.56 Å². The van der Waals surface area contributed by atoms with Crippen molar-refractivity contribution in [2.75, 3.05) is 13.2 Å². The van der Waals surface area contributed by atoms with Gasteiger partial charge in [0.1, 0.15) is 0 Å². The van der Waals surface area contributed by atoms with Crippen LogP contribution in [0.3, 0.4) is 0 Å². The largest absolute Gasteiger partial charge is 0.395 e. The van der Waals surface area contributed by atoms with Gasteiger partial charge in [-0.2, -0.15) is 0 Å². The van der Waals surface area contributed by atoms with Gasteiger partial charge in [-0.15, -0.1) is 0 Å². The highest BCUT2D eigenvalue weighted by molar-refractivity contribution is 6.66. The topological polar surface area (TPSA) is 18.5 Å². The molecule has 0 heterocycles. The third kappa shape index (κ3) is 4.23. The van der Waals surface area contributed by atoms with Crippen LogP contribution in [0.2, 0.25) is 12.6 Å². The van der Waals surface area contributed by atoms with Gasteiger partial charge in [0.05, 0.1) is 0 Å². The van der Waals surface area contributed by atoms with Crippen molar-refractivity contribution in [3.8, 4) is 0 Å². The van der Waals surface area contributed by atoms with Crippen molar-refractivity contribution in [2.45, 2.75) is 45.7 Å². The first-order chi connectivity index (χ1) is 8.43. The highest BCUT2D eigenvalue weighted by atomic mass is 28.4. The van der Waals surface area contributed by atoms with Crippen molar-refractivity contribution >= 4 is 8.56 Å². The van der Waals surface area contributed by atoms with Crippen LogP contribution in [-0.4, -0.2) is 21.8 Å². The number of benzene rings is 1. The van der Waals surface area contributed by atoms with Crippen molar-refractivity contribution in [3.05, 3.63) is 35.9 Å². The fraction of sp³-hybridized carbons (Fsp3) is 0.600. The van der Waals surface area contributed by atoms with E-state index >= 15 is 0 Å². The molecule has 0 saturated heterocycles. The molecule has 2 nitrogen and oxygen atoms in total. The molecule has 3 heteroatoms. The van der Waals surface area contributed by atoms with Gasteiger partial charge in [0.15, 0.2) is 0 Å². The molecule has 0 radical (unpaired) electrons. The summed E-state index contributed by atoms with van der Waals surface area (Å²) < 4.78 is 11.9. The van der Waals surface area contributed by atoms with Crippen molar-refractivity contribution < 1.29 is 8.85 Å². The van der Waals surface area contributed by atoms with E-state index in [-0.39, 0.29) is 5.41 Å². The van der Waals surface area contributed by atoms with E-state index in [2.05, 4.69) is 50.7 Å². The van der Waals surface area contributed by atoms with Crippen LogP contribution in [0.25, 0.3) is 0 Å². The van der Waals surface area contributed by atoms with E-state index in [9.17, 15) is 0 Å². The molecule has 0 saturated carbocycles. The molecular formula is C15H26O2Si. The van der Waals surface area contributed by atoms with Crippen LogP contribution in [0.4, 0.5) is 0 Å². The second-order valence-corrected chi connectivity index (χ2v) is 8.63. The highest BCUT2D eigenvalue weighted by Crippen LogP contribution is 2.33. The molecule has 0 unspecified atom stereocenters. The first-order valence-corrected chi connectivity index (χ1v) is 9.29. The predicted molar refractivity (Wildman–Crippen MR) is 79.1 cm³/mol. The Morgan fingerprint density at radius 3 is 1.94 bits per heavy atom. The average molecular weight is 266 g/mol. The van der Waals surface area contributed by atoms with Crippen LogP contribution >= 0.6 is 0 Å². The zero-order valence-corrected chi connectivity index (χ0v) is 13.3. The zero-order chi connectivity index (χ0) is 13.6. The van der Waals surface area contributed by atoms with Crippen molar-refractivity contribution in [2.24, 2.45) is 0 Å². The van der Waals surface area contributed by atoms with Crippen molar-refractivity contribution in [3.63, 3.8) is 0 Å². The van der Waals surface area contributed by atoms with Gasteiger partial charge in [0, 0.05) is 19.3 Å². The normalized spacial score (nSPS) is 12.7. The maximum Gasteiger partial charge on any atom is 0.335 e. The molecule has 0 amide bonds. The second kappa shape index (κ2) is 6.50. The van der Waals surface area contributed by atoms with E-state index in [4.69, 9.17) is 8.85 Å². The Balaban J connectivity index is 2.85. The van der Waals surface area contributed by atoms with Crippen LogP contribution < -0.4 is 0 Å². The number of hydrogen-bond acceptors (Lipinski definition) is 2. The molecule has 0 N–H and O–H groups in total. The maximum atomic E-state index is 5.94. The Morgan fingerprint density at radius 2 is 1.50 bits per heavy atom. The summed E-state index contributed by atoms with van der Waals surface area (Å²) >= 11 is 0. The first kappa shape index (κ1) is 15.4. The van der Waals surface area contributed by atoms with E-state index in [1.807, 2.05) is 13.8 Å². The maximum absolute atomic E-state index is 5.94. The summed E-state index contributed by atoms with van der Waals surface area (Å²) in [6.45, 7) is 12.3. The van der Waals surface area contributed by atoms with Crippen molar-refractivity contribution in [1.82, 2.24) is 0 Å².